The highest BCUT2D eigenvalue weighted by molar-refractivity contribution is 6.05. The summed E-state index contributed by atoms with van der Waals surface area (Å²) in [5.41, 5.74) is 3.75. The van der Waals surface area contributed by atoms with Gasteiger partial charge in [0.1, 0.15) is 0 Å². The van der Waals surface area contributed by atoms with Gasteiger partial charge in [0.2, 0.25) is 0 Å². The summed E-state index contributed by atoms with van der Waals surface area (Å²) in [6.45, 7) is 2.45. The number of carbonyl (C=O) groups is 1. The number of rotatable bonds is 4. The van der Waals surface area contributed by atoms with Gasteiger partial charge < -0.3 is 0 Å². The van der Waals surface area contributed by atoms with E-state index in [1.54, 1.807) is 24.3 Å². The van der Waals surface area contributed by atoms with E-state index in [1.807, 2.05) is 6.92 Å². The molecule has 1 saturated carbocycles. The predicted molar refractivity (Wildman–Crippen MR) is 96.5 cm³/mol. The van der Waals surface area contributed by atoms with E-state index in [1.165, 1.54) is 4.68 Å². The number of fused-ring (bicyclic) bond motifs is 2. The van der Waals surface area contributed by atoms with Crippen LogP contribution in [0.25, 0.3) is 10.8 Å². The minimum absolute atomic E-state index is 0.167. The number of hydrazone groups is 1. The second-order valence-electron chi connectivity index (χ2n) is 6.60. The number of aromatic nitrogens is 2. The maximum atomic E-state index is 12.7. The molecule has 0 bridgehead atoms. The third kappa shape index (κ3) is 2.67. The van der Waals surface area contributed by atoms with Crippen LogP contribution in [0.5, 0.6) is 0 Å². The average molecular weight is 336 g/mol. The fourth-order valence-electron chi connectivity index (χ4n) is 3.61. The number of carbonyl (C=O) groups excluding carboxylic acids is 1. The summed E-state index contributed by atoms with van der Waals surface area (Å²) < 4.78 is 1.37. The maximum absolute atomic E-state index is 12.7. The molecule has 1 aromatic carbocycles. The molecule has 25 heavy (non-hydrogen) atoms. The number of benzene rings is 1. The molecule has 0 aliphatic heterocycles. The fraction of sp³-hybridized carbons (Fsp3) is 0.368. The molecule has 1 heterocycles. The van der Waals surface area contributed by atoms with Crippen molar-refractivity contribution in [3.63, 3.8) is 0 Å². The standard InChI is InChI=1S/C19H20N4O2/c1-2-10-23-19(25)15-8-4-3-7-14(15)17(22-23)18(24)21-20-16-11-12-6-5-9-13(12)16/h3-8,12-13H,2,9-11H2,1H3,(H,21,24)/b20-16+. The van der Waals surface area contributed by atoms with Gasteiger partial charge in [0.25, 0.3) is 11.5 Å². The van der Waals surface area contributed by atoms with Crippen molar-refractivity contribution in [2.24, 2.45) is 16.9 Å². The lowest BCUT2D eigenvalue weighted by Gasteiger charge is -2.31. The Labute approximate surface area is 145 Å². The van der Waals surface area contributed by atoms with E-state index in [2.05, 4.69) is 27.8 Å². The van der Waals surface area contributed by atoms with Crippen LogP contribution in [0, 0.1) is 11.8 Å². The number of aryl methyl sites for hydroxylation is 1. The van der Waals surface area contributed by atoms with Crippen molar-refractivity contribution in [1.29, 1.82) is 0 Å². The lowest BCUT2D eigenvalue weighted by molar-refractivity contribution is 0.0948. The van der Waals surface area contributed by atoms with E-state index < -0.39 is 0 Å². The normalized spacial score (nSPS) is 22.8. The highest BCUT2D eigenvalue weighted by Gasteiger charge is 2.38. The van der Waals surface area contributed by atoms with Crippen molar-refractivity contribution < 1.29 is 4.79 Å². The van der Waals surface area contributed by atoms with Crippen molar-refractivity contribution >= 4 is 22.4 Å². The van der Waals surface area contributed by atoms with E-state index in [9.17, 15) is 9.59 Å². The first kappa shape index (κ1) is 15.7. The number of nitrogens with zero attached hydrogens (tertiary/aromatic N) is 3. The third-order valence-corrected chi connectivity index (χ3v) is 4.98. The average Bonchev–Trinajstić information content (AvgIpc) is 2.98. The Hall–Kier alpha value is -2.76. The molecule has 2 unspecified atom stereocenters. The summed E-state index contributed by atoms with van der Waals surface area (Å²) >= 11 is 0. The van der Waals surface area contributed by atoms with E-state index in [4.69, 9.17) is 0 Å². The van der Waals surface area contributed by atoms with E-state index >= 15 is 0 Å². The maximum Gasteiger partial charge on any atom is 0.292 e. The molecule has 6 nitrogen and oxygen atoms in total. The van der Waals surface area contributed by atoms with Crippen molar-refractivity contribution in [2.45, 2.75) is 32.7 Å². The first-order chi connectivity index (χ1) is 12.2. The van der Waals surface area contributed by atoms with Gasteiger partial charge in [0, 0.05) is 23.6 Å². The second kappa shape index (κ2) is 6.27. The van der Waals surface area contributed by atoms with Gasteiger partial charge in [-0.05, 0) is 31.2 Å². The van der Waals surface area contributed by atoms with E-state index in [0.29, 0.717) is 29.2 Å². The Balaban J connectivity index is 1.66. The SMILES string of the molecule is CCCn1nc(C(=O)N/N=C2\CC3C=CCC23)c2ccccc2c1=O. The Morgan fingerprint density at radius 2 is 2.16 bits per heavy atom. The van der Waals surface area contributed by atoms with E-state index in [-0.39, 0.29) is 17.2 Å². The zero-order chi connectivity index (χ0) is 17.4. The van der Waals surface area contributed by atoms with Crippen molar-refractivity contribution in [2.75, 3.05) is 0 Å². The van der Waals surface area contributed by atoms with Gasteiger partial charge in [0.05, 0.1) is 5.39 Å². The molecule has 128 valence electrons. The van der Waals surface area contributed by atoms with Gasteiger partial charge in [-0.2, -0.15) is 10.2 Å². The fourth-order valence-corrected chi connectivity index (χ4v) is 3.61. The van der Waals surface area contributed by atoms with Gasteiger partial charge in [-0.25, -0.2) is 10.1 Å². The molecule has 2 aliphatic rings. The van der Waals surface area contributed by atoms with Crippen LogP contribution in [-0.2, 0) is 6.54 Å². The Morgan fingerprint density at radius 3 is 2.92 bits per heavy atom. The second-order valence-corrected chi connectivity index (χ2v) is 6.60. The highest BCUT2D eigenvalue weighted by atomic mass is 16.2. The molecule has 2 aliphatic carbocycles. The topological polar surface area (TPSA) is 76.3 Å². The molecule has 0 radical (unpaired) electrons. The molecular formula is C19H20N4O2. The number of allylic oxidation sites excluding steroid dienone is 2. The molecule has 1 amide bonds. The minimum Gasteiger partial charge on any atom is -0.267 e. The van der Waals surface area contributed by atoms with E-state index in [0.717, 1.165) is 25.0 Å². The predicted octanol–water partition coefficient (Wildman–Crippen LogP) is 2.49. The molecule has 6 heteroatoms. The Kier molecular flexibility index (Phi) is 3.95. The number of amides is 1. The first-order valence-electron chi connectivity index (χ1n) is 8.72. The molecule has 4 rings (SSSR count). The lowest BCUT2D eigenvalue weighted by atomic mass is 9.74. The summed E-state index contributed by atoms with van der Waals surface area (Å²) in [4.78, 5) is 25.1. The molecular weight excluding hydrogens is 316 g/mol. The van der Waals surface area contributed by atoms with Crippen molar-refractivity contribution in [3.05, 3.63) is 52.5 Å². The zero-order valence-electron chi connectivity index (χ0n) is 14.1. The van der Waals surface area contributed by atoms with Crippen LogP contribution in [0.4, 0.5) is 0 Å². The summed E-state index contributed by atoms with van der Waals surface area (Å²) in [5, 5.41) is 9.66. The van der Waals surface area contributed by atoms with Gasteiger partial charge in [-0.3, -0.25) is 9.59 Å². The molecule has 0 saturated heterocycles. The van der Waals surface area contributed by atoms with Crippen LogP contribution in [0.2, 0.25) is 0 Å². The van der Waals surface area contributed by atoms with Gasteiger partial charge in [-0.1, -0.05) is 37.3 Å². The highest BCUT2D eigenvalue weighted by Crippen LogP contribution is 2.40. The quantitative estimate of drug-likeness (QED) is 0.688. The molecule has 2 aromatic rings. The molecule has 1 fully saturated rings. The first-order valence-corrected chi connectivity index (χ1v) is 8.72. The number of nitrogens with one attached hydrogen (secondary N) is 1. The van der Waals surface area contributed by atoms with Crippen LogP contribution in [0.15, 0.2) is 46.3 Å². The van der Waals surface area contributed by atoms with Crippen LogP contribution >= 0.6 is 0 Å². The van der Waals surface area contributed by atoms with Gasteiger partial charge >= 0.3 is 0 Å². The van der Waals surface area contributed by atoms with Gasteiger partial charge in [-0.15, -0.1) is 0 Å². The van der Waals surface area contributed by atoms with Crippen LogP contribution in [-0.4, -0.2) is 21.4 Å². The summed E-state index contributed by atoms with van der Waals surface area (Å²) in [5.74, 6) is 0.656. The van der Waals surface area contributed by atoms with Crippen molar-refractivity contribution in [3.8, 4) is 0 Å². The summed E-state index contributed by atoms with van der Waals surface area (Å²) in [6.07, 6.45) is 7.08. The molecule has 2 atom stereocenters. The Bertz CT molecular complexity index is 958. The summed E-state index contributed by atoms with van der Waals surface area (Å²) in [6, 6.07) is 7.08. The zero-order valence-corrected chi connectivity index (χ0v) is 14.1. The van der Waals surface area contributed by atoms with Crippen molar-refractivity contribution in [1.82, 2.24) is 15.2 Å². The molecule has 1 aromatic heterocycles. The Morgan fingerprint density at radius 1 is 1.36 bits per heavy atom. The van der Waals surface area contributed by atoms with Gasteiger partial charge in [0.15, 0.2) is 5.69 Å². The smallest absolute Gasteiger partial charge is 0.267 e. The third-order valence-electron chi connectivity index (χ3n) is 4.98. The number of hydrogen-bond acceptors (Lipinski definition) is 4. The summed E-state index contributed by atoms with van der Waals surface area (Å²) in [7, 11) is 0. The minimum atomic E-state index is -0.372. The monoisotopic (exact) mass is 336 g/mol. The van der Waals surface area contributed by atoms with Crippen LogP contribution < -0.4 is 11.0 Å². The lowest BCUT2D eigenvalue weighted by Crippen LogP contribution is -2.36. The van der Waals surface area contributed by atoms with Crippen LogP contribution in [0.1, 0.15) is 36.7 Å². The van der Waals surface area contributed by atoms with Crippen LogP contribution in [0.3, 0.4) is 0 Å². The largest absolute Gasteiger partial charge is 0.292 e. The number of hydrogen-bond donors (Lipinski definition) is 1. The molecule has 0 spiro atoms. The molecule has 1 N–H and O–H groups in total.